The van der Waals surface area contributed by atoms with Gasteiger partial charge in [0.1, 0.15) is 12.2 Å². The first-order valence-electron chi connectivity index (χ1n) is 10.0. The molecule has 2 aliphatic rings. The van der Waals surface area contributed by atoms with E-state index >= 15 is 0 Å². The van der Waals surface area contributed by atoms with E-state index in [4.69, 9.17) is 16.3 Å². The van der Waals surface area contributed by atoms with Crippen LogP contribution in [0.5, 0.6) is 0 Å². The molecule has 152 valence electrons. The Morgan fingerprint density at radius 3 is 2.67 bits per heavy atom. The molecule has 2 heterocycles. The summed E-state index contributed by atoms with van der Waals surface area (Å²) in [7, 11) is 0. The second-order valence-electron chi connectivity index (χ2n) is 7.94. The average molecular weight is 421 g/mol. The van der Waals surface area contributed by atoms with Gasteiger partial charge in [-0.15, -0.1) is 0 Å². The molecule has 2 fully saturated rings. The number of hydrogen-bond acceptors (Lipinski definition) is 3. The number of carbonyl (C=O) groups is 2. The Labute approximate surface area is 179 Å². The number of halogens is 1. The van der Waals surface area contributed by atoms with Gasteiger partial charge >= 0.3 is 0 Å². The Morgan fingerprint density at radius 1 is 1.07 bits per heavy atom. The van der Waals surface area contributed by atoms with E-state index in [9.17, 15) is 9.59 Å². The van der Waals surface area contributed by atoms with Crippen molar-refractivity contribution in [1.82, 2.24) is 10.2 Å². The summed E-state index contributed by atoms with van der Waals surface area (Å²) in [5.41, 5.74) is 2.26. The molecule has 5 nitrogen and oxygen atoms in total. The summed E-state index contributed by atoms with van der Waals surface area (Å²) in [6, 6.07) is 19.6. The van der Waals surface area contributed by atoms with Crippen LogP contribution in [0.1, 0.15) is 16.8 Å². The number of ether oxygens (including phenoxy) is 1. The Hall–Kier alpha value is -2.89. The van der Waals surface area contributed by atoms with Crippen molar-refractivity contribution in [2.45, 2.75) is 12.0 Å². The summed E-state index contributed by atoms with van der Waals surface area (Å²) in [6.45, 7) is 1.60. The van der Waals surface area contributed by atoms with Crippen molar-refractivity contribution in [3.05, 3.63) is 71.2 Å². The lowest BCUT2D eigenvalue weighted by Crippen LogP contribution is -2.54. The number of likely N-dealkylation sites (tertiary alicyclic amines) is 1. The van der Waals surface area contributed by atoms with Crippen LogP contribution in [0.2, 0.25) is 5.02 Å². The van der Waals surface area contributed by atoms with Gasteiger partial charge in [-0.3, -0.25) is 9.59 Å². The first-order chi connectivity index (χ1) is 14.5. The van der Waals surface area contributed by atoms with E-state index in [1.807, 2.05) is 65.6 Å². The number of morpholine rings is 1. The number of amides is 2. The van der Waals surface area contributed by atoms with Gasteiger partial charge in [0.2, 0.25) is 5.91 Å². The molecule has 2 amide bonds. The van der Waals surface area contributed by atoms with Gasteiger partial charge in [0.25, 0.3) is 5.91 Å². The quantitative estimate of drug-likeness (QED) is 0.684. The maximum Gasteiger partial charge on any atom is 0.254 e. The van der Waals surface area contributed by atoms with E-state index in [0.717, 1.165) is 28.3 Å². The van der Waals surface area contributed by atoms with Crippen LogP contribution in [0.25, 0.3) is 21.9 Å². The Morgan fingerprint density at radius 2 is 1.87 bits per heavy atom. The van der Waals surface area contributed by atoms with E-state index in [1.54, 1.807) is 0 Å². The molecule has 3 aromatic carbocycles. The van der Waals surface area contributed by atoms with Crippen LogP contribution in [0.15, 0.2) is 60.7 Å². The van der Waals surface area contributed by atoms with Crippen LogP contribution in [0.3, 0.4) is 0 Å². The molecule has 0 radical (unpaired) electrons. The van der Waals surface area contributed by atoms with Gasteiger partial charge in [-0.25, -0.2) is 0 Å². The zero-order chi connectivity index (χ0) is 20.7. The van der Waals surface area contributed by atoms with Crippen molar-refractivity contribution < 1.29 is 14.3 Å². The van der Waals surface area contributed by atoms with Crippen LogP contribution >= 0.6 is 11.6 Å². The number of hydrogen-bond donors (Lipinski definition) is 1. The predicted molar refractivity (Wildman–Crippen MR) is 117 cm³/mol. The van der Waals surface area contributed by atoms with Crippen molar-refractivity contribution in [2.75, 3.05) is 26.2 Å². The molecule has 1 atom stereocenters. The van der Waals surface area contributed by atoms with Crippen molar-refractivity contribution >= 4 is 34.2 Å². The molecule has 2 saturated heterocycles. The van der Waals surface area contributed by atoms with Crippen LogP contribution in [-0.2, 0) is 9.53 Å². The minimum Gasteiger partial charge on any atom is -0.361 e. The molecule has 2 aliphatic heterocycles. The molecular formula is C24H21ClN2O3. The van der Waals surface area contributed by atoms with Crippen LogP contribution < -0.4 is 5.32 Å². The number of carbonyl (C=O) groups excluding carboxylic acids is 2. The lowest BCUT2D eigenvalue weighted by molar-refractivity contribution is -0.141. The maximum atomic E-state index is 13.4. The highest BCUT2D eigenvalue weighted by Gasteiger charge is 2.44. The van der Waals surface area contributed by atoms with E-state index in [0.29, 0.717) is 30.2 Å². The average Bonchev–Trinajstić information content (AvgIpc) is 3.18. The molecule has 1 unspecified atom stereocenters. The fraction of sp³-hybridized carbons (Fsp3) is 0.250. The molecule has 1 spiro atoms. The van der Waals surface area contributed by atoms with Crippen LogP contribution in [0, 0.1) is 0 Å². The van der Waals surface area contributed by atoms with Crippen molar-refractivity contribution in [3.8, 4) is 11.1 Å². The largest absolute Gasteiger partial charge is 0.361 e. The third-order valence-electron chi connectivity index (χ3n) is 6.01. The Bertz CT molecular complexity index is 1150. The highest BCUT2D eigenvalue weighted by atomic mass is 35.5. The van der Waals surface area contributed by atoms with Crippen LogP contribution in [0.4, 0.5) is 0 Å². The van der Waals surface area contributed by atoms with Gasteiger partial charge in [0.05, 0.1) is 6.54 Å². The van der Waals surface area contributed by atoms with Gasteiger partial charge in [-0.05, 0) is 46.5 Å². The summed E-state index contributed by atoms with van der Waals surface area (Å²) in [5.74, 6) is -0.116. The lowest BCUT2D eigenvalue weighted by Gasteiger charge is -2.33. The summed E-state index contributed by atoms with van der Waals surface area (Å²) in [5, 5.41) is 5.47. The maximum absolute atomic E-state index is 13.4. The second kappa shape index (κ2) is 7.42. The Balaban J connectivity index is 1.49. The lowest BCUT2D eigenvalue weighted by atomic mass is 9.95. The molecule has 0 aliphatic carbocycles. The number of benzene rings is 3. The molecule has 6 heteroatoms. The third kappa shape index (κ3) is 3.34. The van der Waals surface area contributed by atoms with Gasteiger partial charge in [-0.1, -0.05) is 54.1 Å². The van der Waals surface area contributed by atoms with Crippen molar-refractivity contribution in [1.29, 1.82) is 0 Å². The zero-order valence-corrected chi connectivity index (χ0v) is 17.1. The highest BCUT2D eigenvalue weighted by molar-refractivity contribution is 6.31. The number of nitrogens with zero attached hydrogens (tertiary/aromatic N) is 1. The molecule has 5 rings (SSSR count). The van der Waals surface area contributed by atoms with E-state index in [-0.39, 0.29) is 18.4 Å². The summed E-state index contributed by atoms with van der Waals surface area (Å²) >= 11 is 6.19. The van der Waals surface area contributed by atoms with Gasteiger partial charge in [-0.2, -0.15) is 0 Å². The predicted octanol–water partition coefficient (Wildman–Crippen LogP) is 3.89. The zero-order valence-electron chi connectivity index (χ0n) is 16.4. The highest BCUT2D eigenvalue weighted by Crippen LogP contribution is 2.33. The van der Waals surface area contributed by atoms with Gasteiger partial charge < -0.3 is 15.0 Å². The van der Waals surface area contributed by atoms with Crippen molar-refractivity contribution in [2.24, 2.45) is 0 Å². The molecule has 0 saturated carbocycles. The molecule has 30 heavy (non-hydrogen) atoms. The first kappa shape index (κ1) is 19.1. The second-order valence-corrected chi connectivity index (χ2v) is 8.38. The minimum absolute atomic E-state index is 0.0128. The van der Waals surface area contributed by atoms with Crippen LogP contribution in [-0.4, -0.2) is 48.6 Å². The summed E-state index contributed by atoms with van der Waals surface area (Å²) < 4.78 is 5.81. The summed E-state index contributed by atoms with van der Waals surface area (Å²) in [4.78, 5) is 26.7. The molecule has 0 aromatic heterocycles. The fourth-order valence-corrected chi connectivity index (χ4v) is 4.63. The smallest absolute Gasteiger partial charge is 0.254 e. The topological polar surface area (TPSA) is 58.6 Å². The normalized spacial score (nSPS) is 21.2. The minimum atomic E-state index is -0.472. The Kier molecular flexibility index (Phi) is 4.72. The van der Waals surface area contributed by atoms with E-state index in [1.165, 1.54) is 0 Å². The number of nitrogens with one attached hydrogen (secondary N) is 1. The molecule has 0 bridgehead atoms. The third-order valence-corrected chi connectivity index (χ3v) is 6.24. The molecule has 1 N–H and O–H groups in total. The van der Waals surface area contributed by atoms with E-state index < -0.39 is 5.60 Å². The summed E-state index contributed by atoms with van der Waals surface area (Å²) in [6.07, 6.45) is 0.720. The molecule has 3 aromatic rings. The first-order valence-corrected chi connectivity index (χ1v) is 10.4. The standard InChI is InChI=1S/C24H21ClN2O3/c25-17-5-1-4-16(12-17)18-6-2-8-20-19(18)7-3-9-21(20)23(29)27-11-10-24(15-27)14-26-22(28)13-30-24/h1-9,12H,10-11,13-15H2,(H,26,28). The van der Waals surface area contributed by atoms with E-state index in [2.05, 4.69) is 5.32 Å². The fourth-order valence-electron chi connectivity index (χ4n) is 4.44. The molecular weight excluding hydrogens is 400 g/mol. The van der Waals surface area contributed by atoms with Gasteiger partial charge in [0.15, 0.2) is 0 Å². The SMILES string of the molecule is O=C1COC2(CCN(C(=O)c3cccc4c(-c5cccc(Cl)c5)cccc34)C2)CN1. The number of fused-ring (bicyclic) bond motifs is 1. The van der Waals surface area contributed by atoms with Crippen molar-refractivity contribution in [3.63, 3.8) is 0 Å². The monoisotopic (exact) mass is 420 g/mol. The number of rotatable bonds is 2. The van der Waals surface area contributed by atoms with Gasteiger partial charge in [0, 0.05) is 23.7 Å².